The van der Waals surface area contributed by atoms with Crippen LogP contribution in [0.3, 0.4) is 0 Å². The molecule has 1 aromatic heterocycles. The van der Waals surface area contributed by atoms with Gasteiger partial charge in [0.25, 0.3) is 0 Å². The molecule has 1 aromatic carbocycles. The third-order valence-corrected chi connectivity index (χ3v) is 2.47. The Bertz CT molecular complexity index is 419. The molecule has 4 heteroatoms. The van der Waals surface area contributed by atoms with E-state index in [1.54, 1.807) is 18.5 Å². The van der Waals surface area contributed by atoms with E-state index in [9.17, 15) is 0 Å². The Kier molecular flexibility index (Phi) is 2.93. The molecule has 2 aromatic rings. The van der Waals surface area contributed by atoms with Crippen LogP contribution in [0.25, 0.3) is 0 Å². The van der Waals surface area contributed by atoms with Crippen molar-refractivity contribution in [1.29, 1.82) is 0 Å². The minimum absolute atomic E-state index is 0.372. The normalized spacial score (nSPS) is 9.79. The Morgan fingerprint density at radius 1 is 1.00 bits per heavy atom. The van der Waals surface area contributed by atoms with Crippen molar-refractivity contribution < 1.29 is 4.74 Å². The highest BCUT2D eigenvalue weighted by Gasteiger charge is 2.01. The molecule has 0 saturated carbocycles. The molecule has 0 saturated heterocycles. The van der Waals surface area contributed by atoms with Crippen molar-refractivity contribution in [1.82, 2.24) is 9.97 Å². The molecular weight excluding hydrogens is 291 g/mol. The molecular formula is C10H7IN2O. The van der Waals surface area contributed by atoms with E-state index in [0.29, 0.717) is 6.01 Å². The van der Waals surface area contributed by atoms with Crippen LogP contribution in [0.4, 0.5) is 0 Å². The predicted molar refractivity (Wildman–Crippen MR) is 61.3 cm³/mol. The lowest BCUT2D eigenvalue weighted by atomic mass is 10.3. The Morgan fingerprint density at radius 3 is 2.43 bits per heavy atom. The second-order valence-corrected chi connectivity index (χ2v) is 3.73. The lowest BCUT2D eigenvalue weighted by Gasteiger charge is -2.04. The molecule has 0 amide bonds. The zero-order valence-electron chi connectivity index (χ0n) is 7.22. The van der Waals surface area contributed by atoms with Gasteiger partial charge in [0, 0.05) is 12.4 Å². The summed E-state index contributed by atoms with van der Waals surface area (Å²) in [5, 5.41) is 0. The molecule has 0 radical (unpaired) electrons. The van der Waals surface area contributed by atoms with Crippen molar-refractivity contribution in [3.05, 3.63) is 46.3 Å². The van der Waals surface area contributed by atoms with Gasteiger partial charge in [-0.3, -0.25) is 0 Å². The first-order valence-electron chi connectivity index (χ1n) is 4.05. The summed E-state index contributed by atoms with van der Waals surface area (Å²) in [5.41, 5.74) is 0. The maximum absolute atomic E-state index is 5.48. The highest BCUT2D eigenvalue weighted by atomic mass is 127. The van der Waals surface area contributed by atoms with Crippen LogP contribution >= 0.6 is 22.6 Å². The lowest BCUT2D eigenvalue weighted by Crippen LogP contribution is -1.91. The van der Waals surface area contributed by atoms with Crippen LogP contribution in [0.1, 0.15) is 0 Å². The molecule has 14 heavy (non-hydrogen) atoms. The number of hydrogen-bond donors (Lipinski definition) is 0. The molecule has 3 nitrogen and oxygen atoms in total. The fourth-order valence-electron chi connectivity index (χ4n) is 0.964. The smallest absolute Gasteiger partial charge is 0.321 e. The van der Waals surface area contributed by atoms with Crippen molar-refractivity contribution in [2.75, 3.05) is 0 Å². The Hall–Kier alpha value is -1.17. The van der Waals surface area contributed by atoms with Gasteiger partial charge in [0.15, 0.2) is 0 Å². The van der Waals surface area contributed by atoms with E-state index in [-0.39, 0.29) is 0 Å². The monoisotopic (exact) mass is 298 g/mol. The number of halogens is 1. The average molecular weight is 298 g/mol. The Labute approximate surface area is 95.3 Å². The summed E-state index contributed by atoms with van der Waals surface area (Å²) >= 11 is 2.21. The summed E-state index contributed by atoms with van der Waals surface area (Å²) in [6.07, 6.45) is 3.30. The van der Waals surface area contributed by atoms with Crippen LogP contribution in [0.5, 0.6) is 11.8 Å². The maximum Gasteiger partial charge on any atom is 0.321 e. The van der Waals surface area contributed by atoms with Crippen LogP contribution in [-0.2, 0) is 0 Å². The Balaban J connectivity index is 2.24. The van der Waals surface area contributed by atoms with Gasteiger partial charge in [0.1, 0.15) is 5.75 Å². The van der Waals surface area contributed by atoms with E-state index in [1.807, 2.05) is 24.3 Å². The number of hydrogen-bond acceptors (Lipinski definition) is 3. The first-order valence-corrected chi connectivity index (χ1v) is 5.13. The fourth-order valence-corrected chi connectivity index (χ4v) is 1.46. The van der Waals surface area contributed by atoms with E-state index < -0.39 is 0 Å². The minimum atomic E-state index is 0.372. The van der Waals surface area contributed by atoms with E-state index in [0.717, 1.165) is 9.32 Å². The summed E-state index contributed by atoms with van der Waals surface area (Å²) in [6.45, 7) is 0. The highest BCUT2D eigenvalue weighted by molar-refractivity contribution is 14.1. The van der Waals surface area contributed by atoms with Crippen LogP contribution < -0.4 is 4.74 Å². The first kappa shape index (κ1) is 9.39. The van der Waals surface area contributed by atoms with Gasteiger partial charge in [-0.05, 0) is 40.8 Å². The van der Waals surface area contributed by atoms with Crippen LogP contribution in [-0.4, -0.2) is 9.97 Å². The minimum Gasteiger partial charge on any atom is -0.423 e. The molecule has 0 unspecified atom stereocenters. The number of benzene rings is 1. The largest absolute Gasteiger partial charge is 0.423 e. The second kappa shape index (κ2) is 4.36. The molecule has 0 aliphatic rings. The van der Waals surface area contributed by atoms with E-state index in [2.05, 4.69) is 32.6 Å². The van der Waals surface area contributed by atoms with Gasteiger partial charge in [-0.2, -0.15) is 0 Å². The third-order valence-electron chi connectivity index (χ3n) is 1.58. The molecule has 0 atom stereocenters. The van der Waals surface area contributed by atoms with Gasteiger partial charge in [-0.25, -0.2) is 9.97 Å². The summed E-state index contributed by atoms with van der Waals surface area (Å²) in [4.78, 5) is 7.96. The van der Waals surface area contributed by atoms with Crippen molar-refractivity contribution in [3.8, 4) is 11.8 Å². The maximum atomic E-state index is 5.48. The van der Waals surface area contributed by atoms with Crippen molar-refractivity contribution in [2.24, 2.45) is 0 Å². The summed E-state index contributed by atoms with van der Waals surface area (Å²) in [5.74, 6) is 0.777. The van der Waals surface area contributed by atoms with E-state index >= 15 is 0 Å². The molecule has 0 bridgehead atoms. The molecule has 0 spiro atoms. The van der Waals surface area contributed by atoms with Crippen molar-refractivity contribution in [3.63, 3.8) is 0 Å². The molecule has 2 rings (SSSR count). The van der Waals surface area contributed by atoms with Gasteiger partial charge in [-0.15, -0.1) is 0 Å². The number of rotatable bonds is 2. The van der Waals surface area contributed by atoms with Gasteiger partial charge in [-0.1, -0.05) is 12.1 Å². The summed E-state index contributed by atoms with van der Waals surface area (Å²) < 4.78 is 6.52. The van der Waals surface area contributed by atoms with E-state index in [4.69, 9.17) is 4.74 Å². The number of para-hydroxylation sites is 1. The highest BCUT2D eigenvalue weighted by Crippen LogP contribution is 2.23. The van der Waals surface area contributed by atoms with Crippen LogP contribution in [0.2, 0.25) is 0 Å². The quantitative estimate of drug-likeness (QED) is 0.800. The van der Waals surface area contributed by atoms with Crippen molar-refractivity contribution >= 4 is 22.6 Å². The SMILES string of the molecule is Ic1ccccc1Oc1ncccn1. The topological polar surface area (TPSA) is 35.0 Å². The molecule has 0 aliphatic carbocycles. The summed E-state index contributed by atoms with van der Waals surface area (Å²) in [7, 11) is 0. The molecule has 0 aliphatic heterocycles. The third kappa shape index (κ3) is 2.20. The summed E-state index contributed by atoms with van der Waals surface area (Å²) in [6, 6.07) is 9.86. The predicted octanol–water partition coefficient (Wildman–Crippen LogP) is 2.87. The van der Waals surface area contributed by atoms with Crippen molar-refractivity contribution in [2.45, 2.75) is 0 Å². The molecule has 0 N–H and O–H groups in total. The Morgan fingerprint density at radius 2 is 1.71 bits per heavy atom. The van der Waals surface area contributed by atoms with Gasteiger partial charge >= 0.3 is 6.01 Å². The van der Waals surface area contributed by atoms with Gasteiger partial charge in [0.05, 0.1) is 3.57 Å². The average Bonchev–Trinajstić information content (AvgIpc) is 2.23. The zero-order valence-corrected chi connectivity index (χ0v) is 9.38. The van der Waals surface area contributed by atoms with Gasteiger partial charge < -0.3 is 4.74 Å². The van der Waals surface area contributed by atoms with Crippen LogP contribution in [0.15, 0.2) is 42.7 Å². The molecule has 0 fully saturated rings. The molecule has 1 heterocycles. The number of aromatic nitrogens is 2. The zero-order chi connectivity index (χ0) is 9.80. The van der Waals surface area contributed by atoms with E-state index in [1.165, 1.54) is 0 Å². The van der Waals surface area contributed by atoms with Crippen LogP contribution in [0, 0.1) is 3.57 Å². The number of ether oxygens (including phenoxy) is 1. The lowest BCUT2D eigenvalue weighted by molar-refractivity contribution is 0.439. The van der Waals surface area contributed by atoms with Gasteiger partial charge in [0.2, 0.25) is 0 Å². The fraction of sp³-hybridized carbons (Fsp3) is 0. The first-order chi connectivity index (χ1) is 6.86. The second-order valence-electron chi connectivity index (χ2n) is 2.56. The number of nitrogens with zero attached hydrogens (tertiary/aromatic N) is 2. The molecule has 70 valence electrons. The standard InChI is InChI=1S/C10H7IN2O/c11-8-4-1-2-5-9(8)14-10-12-6-3-7-13-10/h1-7H.